The summed E-state index contributed by atoms with van der Waals surface area (Å²) in [4.78, 5) is 39.3. The Bertz CT molecular complexity index is 1970. The number of para-hydroxylation sites is 2. The van der Waals surface area contributed by atoms with Gasteiger partial charge in [0.25, 0.3) is 5.56 Å². The third-order valence-electron chi connectivity index (χ3n) is 7.92. The molecular weight excluding hydrogens is 678 g/mol. The minimum absolute atomic E-state index is 0.163. The van der Waals surface area contributed by atoms with Gasteiger partial charge >= 0.3 is 11.7 Å². The van der Waals surface area contributed by atoms with Gasteiger partial charge in [-0.3, -0.25) is 18.8 Å². The molecule has 0 radical (unpaired) electrons. The highest BCUT2D eigenvalue weighted by Gasteiger charge is 2.21. The van der Waals surface area contributed by atoms with E-state index >= 15 is 0 Å². The number of anilines is 3. The first-order valence-electron chi connectivity index (χ1n) is 15.3. The quantitative estimate of drug-likeness (QED) is 0.157. The van der Waals surface area contributed by atoms with Crippen molar-refractivity contribution in [2.45, 2.75) is 17.9 Å². The SMILES string of the molecule is COc1ccccc1N1CCN(CCCNc2cc(=O)n(C)c(=O)n2C)CC1.NS(=O)(=O)c1cc(C(=O)O)c(NCc2ccco2)cc1Cl. The van der Waals surface area contributed by atoms with Crippen molar-refractivity contribution in [3.8, 4) is 5.75 Å². The van der Waals surface area contributed by atoms with E-state index in [0.717, 1.165) is 61.2 Å². The molecule has 15 nitrogen and oxygen atoms in total. The number of carbonyl (C=O) groups is 1. The zero-order valence-corrected chi connectivity index (χ0v) is 29.0. The molecule has 4 aromatic rings. The van der Waals surface area contributed by atoms with Gasteiger partial charge in [-0.25, -0.2) is 23.1 Å². The predicted molar refractivity (Wildman–Crippen MR) is 187 cm³/mol. The molecule has 1 aliphatic rings. The molecule has 5 rings (SSSR count). The van der Waals surface area contributed by atoms with Crippen LogP contribution in [0.3, 0.4) is 0 Å². The van der Waals surface area contributed by atoms with E-state index in [9.17, 15) is 22.8 Å². The Morgan fingerprint density at radius 3 is 2.37 bits per heavy atom. The van der Waals surface area contributed by atoms with Crippen molar-refractivity contribution < 1.29 is 27.5 Å². The molecular formula is C32H40ClN7O8S. The highest BCUT2D eigenvalue weighted by molar-refractivity contribution is 7.89. The van der Waals surface area contributed by atoms with E-state index in [2.05, 4.69) is 26.5 Å². The summed E-state index contributed by atoms with van der Waals surface area (Å²) in [6.45, 7) is 5.86. The number of aromatic nitrogens is 2. The Kier molecular flexibility index (Phi) is 12.5. The summed E-state index contributed by atoms with van der Waals surface area (Å²) in [6.07, 6.45) is 2.42. The van der Waals surface area contributed by atoms with Crippen LogP contribution in [0.25, 0.3) is 0 Å². The molecule has 0 spiro atoms. The van der Waals surface area contributed by atoms with Gasteiger partial charge in [0.15, 0.2) is 0 Å². The van der Waals surface area contributed by atoms with Gasteiger partial charge in [0.05, 0.1) is 41.9 Å². The minimum atomic E-state index is -4.11. The summed E-state index contributed by atoms with van der Waals surface area (Å²) in [7, 11) is 0.756. The van der Waals surface area contributed by atoms with E-state index in [1.165, 1.54) is 30.0 Å². The van der Waals surface area contributed by atoms with Gasteiger partial charge in [0, 0.05) is 52.9 Å². The van der Waals surface area contributed by atoms with E-state index in [4.69, 9.17) is 31.0 Å². The average molecular weight is 718 g/mol. The number of methoxy groups -OCH3 is 1. The average Bonchev–Trinajstić information content (AvgIpc) is 3.60. The van der Waals surface area contributed by atoms with Crippen LogP contribution in [0.15, 0.2) is 79.8 Å². The van der Waals surface area contributed by atoms with Crippen LogP contribution in [-0.2, 0) is 30.7 Å². The van der Waals surface area contributed by atoms with Gasteiger partial charge in [0.2, 0.25) is 10.0 Å². The number of carboxylic acid groups (broad SMARTS) is 1. The Labute approximate surface area is 288 Å². The fourth-order valence-electron chi connectivity index (χ4n) is 5.22. The number of nitrogens with two attached hydrogens (primary N) is 1. The number of carboxylic acids is 1. The lowest BCUT2D eigenvalue weighted by Gasteiger charge is -2.36. The van der Waals surface area contributed by atoms with Crippen LogP contribution in [0.4, 0.5) is 17.2 Å². The van der Waals surface area contributed by atoms with Crippen molar-refractivity contribution in [1.82, 2.24) is 14.0 Å². The molecule has 1 fully saturated rings. The maximum Gasteiger partial charge on any atom is 0.337 e. The number of piperazine rings is 1. The molecule has 0 amide bonds. The molecule has 2 aromatic carbocycles. The second-order valence-corrected chi connectivity index (χ2v) is 13.1. The molecule has 0 bridgehead atoms. The highest BCUT2D eigenvalue weighted by Crippen LogP contribution is 2.29. The van der Waals surface area contributed by atoms with Crippen molar-refractivity contribution in [3.63, 3.8) is 0 Å². The maximum atomic E-state index is 11.9. The molecule has 1 saturated heterocycles. The molecule has 5 N–H and O–H groups in total. The van der Waals surface area contributed by atoms with Crippen LogP contribution in [0.5, 0.6) is 5.75 Å². The van der Waals surface area contributed by atoms with Crippen LogP contribution < -0.4 is 36.7 Å². The van der Waals surface area contributed by atoms with E-state index in [1.54, 1.807) is 26.3 Å². The minimum Gasteiger partial charge on any atom is -0.495 e. The fraction of sp³-hybridized carbons (Fsp3) is 0.344. The Morgan fingerprint density at radius 2 is 1.73 bits per heavy atom. The lowest BCUT2D eigenvalue weighted by atomic mass is 10.1. The molecule has 0 aliphatic carbocycles. The number of furan rings is 1. The Hall–Kier alpha value is -4.77. The third-order valence-corrected chi connectivity index (χ3v) is 9.30. The number of nitrogens with zero attached hydrogens (tertiary/aromatic N) is 4. The van der Waals surface area contributed by atoms with Gasteiger partial charge in [-0.15, -0.1) is 0 Å². The van der Waals surface area contributed by atoms with Crippen LogP contribution in [-0.4, -0.2) is 79.9 Å². The number of nitrogens with one attached hydrogen (secondary N) is 2. The van der Waals surface area contributed by atoms with Crippen LogP contribution in [0, 0.1) is 0 Å². The third kappa shape index (κ3) is 9.66. The number of benzene rings is 2. The Balaban J connectivity index is 0.000000230. The van der Waals surface area contributed by atoms with Crippen molar-refractivity contribution in [2.24, 2.45) is 19.2 Å². The molecule has 0 saturated carbocycles. The molecule has 0 atom stereocenters. The second kappa shape index (κ2) is 16.6. The molecule has 2 aromatic heterocycles. The summed E-state index contributed by atoms with van der Waals surface area (Å²) < 4.78 is 35.8. The largest absolute Gasteiger partial charge is 0.495 e. The van der Waals surface area contributed by atoms with Gasteiger partial charge in [-0.2, -0.15) is 0 Å². The lowest BCUT2D eigenvalue weighted by molar-refractivity contribution is 0.0697. The standard InChI is InChI=1S/C20H29N5O3.C12H11ClN2O5S/c1-22-18(15-19(26)23(2)20(22)27)21-9-6-10-24-11-13-25(14-12-24)16-7-4-5-8-17(16)28-3;13-9-5-10(15-6-7-2-1-3-20-7)8(12(16)17)4-11(9)21(14,18)19/h4-5,7-8,15,21H,6,9-14H2,1-3H3;1-5,15H,6H2,(H,16,17)(H2,14,18,19). The predicted octanol–water partition coefficient (Wildman–Crippen LogP) is 2.61. The number of hydrogen-bond donors (Lipinski definition) is 4. The summed E-state index contributed by atoms with van der Waals surface area (Å²) in [5, 5.41) is 20.0. The zero-order valence-electron chi connectivity index (χ0n) is 27.4. The van der Waals surface area contributed by atoms with E-state index in [0.29, 0.717) is 18.1 Å². The summed E-state index contributed by atoms with van der Waals surface area (Å²) in [5.74, 6) is 0.755. The number of halogens is 1. The van der Waals surface area contributed by atoms with Gasteiger partial charge < -0.3 is 29.8 Å². The van der Waals surface area contributed by atoms with Crippen LogP contribution >= 0.6 is 11.6 Å². The number of primary sulfonamides is 1. The number of sulfonamides is 1. The highest BCUT2D eigenvalue weighted by atomic mass is 35.5. The van der Waals surface area contributed by atoms with E-state index < -0.39 is 20.9 Å². The molecule has 264 valence electrons. The van der Waals surface area contributed by atoms with Crippen LogP contribution in [0.1, 0.15) is 22.5 Å². The first kappa shape index (κ1) is 37.1. The van der Waals surface area contributed by atoms with Crippen LogP contribution in [0.2, 0.25) is 5.02 Å². The lowest BCUT2D eigenvalue weighted by Crippen LogP contribution is -2.47. The summed E-state index contributed by atoms with van der Waals surface area (Å²) in [5.41, 5.74) is 0.449. The summed E-state index contributed by atoms with van der Waals surface area (Å²) >= 11 is 5.84. The molecule has 0 unspecified atom stereocenters. The topological polar surface area (TPSA) is 194 Å². The first-order valence-corrected chi connectivity index (χ1v) is 17.2. The number of hydrogen-bond acceptors (Lipinski definition) is 11. The molecule has 49 heavy (non-hydrogen) atoms. The second-order valence-electron chi connectivity index (χ2n) is 11.2. The maximum absolute atomic E-state index is 11.9. The first-order chi connectivity index (χ1) is 23.3. The summed E-state index contributed by atoms with van der Waals surface area (Å²) in [6, 6.07) is 15.1. The number of aromatic carboxylic acids is 1. The smallest absolute Gasteiger partial charge is 0.337 e. The van der Waals surface area contributed by atoms with E-state index in [-0.39, 0.29) is 34.1 Å². The van der Waals surface area contributed by atoms with Gasteiger partial charge in [-0.05, 0) is 49.4 Å². The van der Waals surface area contributed by atoms with Crippen molar-refractivity contribution in [1.29, 1.82) is 0 Å². The monoisotopic (exact) mass is 717 g/mol. The van der Waals surface area contributed by atoms with E-state index in [1.807, 2.05) is 18.2 Å². The normalized spacial score (nSPS) is 13.4. The molecule has 17 heteroatoms. The molecule has 3 heterocycles. The Morgan fingerprint density at radius 1 is 1.02 bits per heavy atom. The number of ether oxygens (including phenoxy) is 1. The van der Waals surface area contributed by atoms with Gasteiger partial charge in [-0.1, -0.05) is 23.7 Å². The van der Waals surface area contributed by atoms with Gasteiger partial charge in [0.1, 0.15) is 22.2 Å². The fourth-order valence-corrected chi connectivity index (χ4v) is 6.31. The van der Waals surface area contributed by atoms with Crippen molar-refractivity contribution in [2.75, 3.05) is 61.9 Å². The number of rotatable bonds is 12. The van der Waals surface area contributed by atoms with Crippen molar-refractivity contribution in [3.05, 3.63) is 98.0 Å². The van der Waals surface area contributed by atoms with Crippen molar-refractivity contribution >= 4 is 44.8 Å². The molecule has 1 aliphatic heterocycles. The zero-order chi connectivity index (χ0) is 35.7.